The third-order valence-electron chi connectivity index (χ3n) is 7.24. The molecule has 0 radical (unpaired) electrons. The molecule has 4 rings (SSSR count). The van der Waals surface area contributed by atoms with E-state index < -0.39 is 53.6 Å². The first kappa shape index (κ1) is 31.0. The van der Waals surface area contributed by atoms with Gasteiger partial charge in [0.25, 0.3) is 5.91 Å². The summed E-state index contributed by atoms with van der Waals surface area (Å²) in [7, 11) is 0. The lowest BCUT2D eigenvalue weighted by molar-refractivity contribution is -0.157. The second-order valence-corrected chi connectivity index (χ2v) is 11.1. The van der Waals surface area contributed by atoms with Crippen LogP contribution in [0, 0.1) is 0 Å². The first-order valence-corrected chi connectivity index (χ1v) is 13.5. The molecule has 0 aromatic heterocycles. The number of fused-ring (bicyclic) bond motifs is 1. The number of rotatable bonds is 10. The highest BCUT2D eigenvalue weighted by Crippen LogP contribution is 2.37. The van der Waals surface area contributed by atoms with Crippen LogP contribution in [0.2, 0.25) is 0 Å². The summed E-state index contributed by atoms with van der Waals surface area (Å²) >= 11 is 0. The Morgan fingerprint density at radius 2 is 1.60 bits per heavy atom. The van der Waals surface area contributed by atoms with Gasteiger partial charge in [0.05, 0.1) is 25.3 Å². The maximum Gasteiger partial charge on any atom is 0.406 e. The molecule has 2 saturated heterocycles. The van der Waals surface area contributed by atoms with E-state index in [9.17, 15) is 32.3 Å². The van der Waals surface area contributed by atoms with Crippen molar-refractivity contribution in [3.8, 4) is 0 Å². The molecule has 0 bridgehead atoms. The molecule has 226 valence electrons. The average molecular weight is 590 g/mol. The SMILES string of the molecule is CC(C)(N)C(=O)N[C@H](COCc1ccccc1)C(=O)N1CCN2C(=O)N(CC(F)(F)F)C(=O)[C@@]2(Cc2ccccc2)C1. The monoisotopic (exact) mass is 589 g/mol. The van der Waals surface area contributed by atoms with Crippen LogP contribution in [-0.4, -0.2) is 94.5 Å². The number of imide groups is 1. The number of hydrogen-bond acceptors (Lipinski definition) is 6. The normalized spacial score (nSPS) is 20.0. The molecule has 2 fully saturated rings. The lowest BCUT2D eigenvalue weighted by Crippen LogP contribution is -2.67. The van der Waals surface area contributed by atoms with Crippen molar-refractivity contribution in [2.75, 3.05) is 32.8 Å². The Labute approximate surface area is 241 Å². The zero-order chi connectivity index (χ0) is 30.7. The Morgan fingerprint density at radius 1 is 1.00 bits per heavy atom. The Balaban J connectivity index is 1.61. The second-order valence-electron chi connectivity index (χ2n) is 11.1. The lowest BCUT2D eigenvalue weighted by Gasteiger charge is -2.45. The molecule has 2 aromatic rings. The largest absolute Gasteiger partial charge is 0.406 e. The van der Waals surface area contributed by atoms with Gasteiger partial charge in [-0.15, -0.1) is 0 Å². The predicted molar refractivity (Wildman–Crippen MR) is 146 cm³/mol. The van der Waals surface area contributed by atoms with E-state index >= 15 is 0 Å². The lowest BCUT2D eigenvalue weighted by atomic mass is 9.86. The number of alkyl halides is 3. The topological polar surface area (TPSA) is 125 Å². The summed E-state index contributed by atoms with van der Waals surface area (Å²) in [5.74, 6) is -2.26. The maximum absolute atomic E-state index is 13.9. The Kier molecular flexibility index (Phi) is 8.92. The molecule has 42 heavy (non-hydrogen) atoms. The van der Waals surface area contributed by atoms with E-state index in [2.05, 4.69) is 5.32 Å². The standard InChI is InChI=1S/C29H34F3N5O5/c1-27(2,33)24(39)34-22(17-42-16-21-11-7-4-8-12-21)23(38)35-13-14-37-26(41)36(19-29(30,31)32)25(40)28(37,18-35)15-20-9-5-3-6-10-20/h3-12,22H,13-19,33H2,1-2H3,(H,34,39)/t22-,28-/m1/s1. The molecule has 0 unspecified atom stereocenters. The van der Waals surface area contributed by atoms with E-state index in [-0.39, 0.29) is 44.2 Å². The molecule has 2 atom stereocenters. The van der Waals surface area contributed by atoms with E-state index in [4.69, 9.17) is 10.5 Å². The van der Waals surface area contributed by atoms with Crippen LogP contribution in [0.25, 0.3) is 0 Å². The van der Waals surface area contributed by atoms with Crippen molar-refractivity contribution in [3.05, 3.63) is 71.8 Å². The highest BCUT2D eigenvalue weighted by atomic mass is 19.4. The summed E-state index contributed by atoms with van der Waals surface area (Å²) in [6, 6.07) is 15.5. The van der Waals surface area contributed by atoms with Crippen molar-refractivity contribution in [2.24, 2.45) is 5.73 Å². The fourth-order valence-electron chi connectivity index (χ4n) is 5.14. The average Bonchev–Trinajstić information content (AvgIpc) is 3.12. The number of carbonyl (C=O) groups excluding carboxylic acids is 4. The van der Waals surface area contributed by atoms with Gasteiger partial charge < -0.3 is 25.6 Å². The number of hydrogen-bond donors (Lipinski definition) is 2. The molecule has 2 aliphatic rings. The molecule has 0 spiro atoms. The molecular weight excluding hydrogens is 555 g/mol. The van der Waals surface area contributed by atoms with Gasteiger partial charge in [-0.1, -0.05) is 60.7 Å². The minimum atomic E-state index is -4.80. The fourth-order valence-corrected chi connectivity index (χ4v) is 5.14. The van der Waals surface area contributed by atoms with Gasteiger partial charge in [-0.3, -0.25) is 19.3 Å². The molecular formula is C29H34F3N5O5. The van der Waals surface area contributed by atoms with Gasteiger partial charge in [0.2, 0.25) is 11.8 Å². The summed E-state index contributed by atoms with van der Waals surface area (Å²) in [5.41, 5.74) is 4.30. The fraction of sp³-hybridized carbons (Fsp3) is 0.448. The molecule has 0 saturated carbocycles. The highest BCUT2D eigenvalue weighted by Gasteiger charge is 2.61. The van der Waals surface area contributed by atoms with E-state index in [1.807, 2.05) is 30.3 Å². The number of nitrogens with zero attached hydrogens (tertiary/aromatic N) is 3. The number of ether oxygens (including phenoxy) is 1. The highest BCUT2D eigenvalue weighted by molar-refractivity contribution is 6.08. The molecule has 3 N–H and O–H groups in total. The number of carbonyl (C=O) groups is 4. The van der Waals surface area contributed by atoms with Gasteiger partial charge in [0, 0.05) is 19.5 Å². The number of urea groups is 1. The third-order valence-corrected chi connectivity index (χ3v) is 7.24. The van der Waals surface area contributed by atoms with Gasteiger partial charge in [-0.05, 0) is 25.0 Å². The Hall–Kier alpha value is -3.97. The minimum Gasteiger partial charge on any atom is -0.374 e. The van der Waals surface area contributed by atoms with E-state index in [1.54, 1.807) is 30.3 Å². The van der Waals surface area contributed by atoms with Crippen molar-refractivity contribution >= 4 is 23.8 Å². The summed E-state index contributed by atoms with van der Waals surface area (Å²) in [6.45, 7) is 0.531. The maximum atomic E-state index is 13.9. The summed E-state index contributed by atoms with van der Waals surface area (Å²) in [6.07, 6.45) is -4.90. The number of benzene rings is 2. The predicted octanol–water partition coefficient (Wildman–Crippen LogP) is 2.08. The first-order valence-electron chi connectivity index (χ1n) is 13.5. The number of piperazine rings is 1. The molecule has 13 heteroatoms. The number of amides is 5. The molecule has 2 aromatic carbocycles. The summed E-state index contributed by atoms with van der Waals surface area (Å²) < 4.78 is 45.8. The quantitative estimate of drug-likeness (QED) is 0.409. The van der Waals surface area contributed by atoms with E-state index in [0.717, 1.165) is 10.5 Å². The summed E-state index contributed by atoms with van der Waals surface area (Å²) in [4.78, 5) is 56.0. The van der Waals surface area contributed by atoms with Gasteiger partial charge in [-0.2, -0.15) is 13.2 Å². The zero-order valence-corrected chi connectivity index (χ0v) is 23.4. The minimum absolute atomic E-state index is 0.0642. The number of nitrogens with one attached hydrogen (secondary N) is 1. The van der Waals surface area contributed by atoms with E-state index in [1.165, 1.54) is 18.7 Å². The molecule has 0 aliphatic carbocycles. The molecule has 2 aliphatic heterocycles. The number of nitrogens with two attached hydrogens (primary N) is 1. The van der Waals surface area contributed by atoms with Crippen LogP contribution in [-0.2, 0) is 32.1 Å². The van der Waals surface area contributed by atoms with Crippen molar-refractivity contribution in [3.63, 3.8) is 0 Å². The van der Waals surface area contributed by atoms with Gasteiger partial charge in [0.1, 0.15) is 18.1 Å². The van der Waals surface area contributed by atoms with Crippen LogP contribution in [0.4, 0.5) is 18.0 Å². The number of halogens is 3. The van der Waals surface area contributed by atoms with Crippen molar-refractivity contribution in [1.29, 1.82) is 0 Å². The van der Waals surface area contributed by atoms with Crippen LogP contribution in [0.15, 0.2) is 60.7 Å². The molecule has 2 heterocycles. The Bertz CT molecular complexity index is 1300. The van der Waals surface area contributed by atoms with Crippen molar-refractivity contribution < 1.29 is 37.1 Å². The molecule has 10 nitrogen and oxygen atoms in total. The second kappa shape index (κ2) is 12.1. The molecule has 5 amide bonds. The first-order chi connectivity index (χ1) is 19.7. The van der Waals surface area contributed by atoms with Gasteiger partial charge >= 0.3 is 12.2 Å². The van der Waals surface area contributed by atoms with Gasteiger partial charge in [0.15, 0.2) is 0 Å². The van der Waals surface area contributed by atoms with Crippen LogP contribution < -0.4 is 11.1 Å². The van der Waals surface area contributed by atoms with Crippen LogP contribution in [0.5, 0.6) is 0 Å². The van der Waals surface area contributed by atoms with Crippen molar-refractivity contribution in [2.45, 2.75) is 50.2 Å². The smallest absolute Gasteiger partial charge is 0.374 e. The van der Waals surface area contributed by atoms with Gasteiger partial charge in [-0.25, -0.2) is 4.79 Å². The van der Waals surface area contributed by atoms with Crippen LogP contribution in [0.1, 0.15) is 25.0 Å². The van der Waals surface area contributed by atoms with Crippen LogP contribution in [0.3, 0.4) is 0 Å². The van der Waals surface area contributed by atoms with Crippen LogP contribution >= 0.6 is 0 Å². The van der Waals surface area contributed by atoms with Crippen molar-refractivity contribution in [1.82, 2.24) is 20.0 Å². The van der Waals surface area contributed by atoms with E-state index in [0.29, 0.717) is 5.56 Å². The zero-order valence-electron chi connectivity index (χ0n) is 23.4. The summed E-state index contributed by atoms with van der Waals surface area (Å²) in [5, 5.41) is 2.62. The third kappa shape index (κ3) is 6.90. The Morgan fingerprint density at radius 3 is 2.17 bits per heavy atom.